The number of rotatable bonds is 4. The topological polar surface area (TPSA) is 78.7 Å². The number of hydrogen-bond donors (Lipinski definition) is 0. The third kappa shape index (κ3) is 1.92. The molecule has 0 aliphatic heterocycles. The molecular formula is C9H8ClNO5. The zero-order valence-electron chi connectivity index (χ0n) is 8.52. The fourth-order valence-electron chi connectivity index (χ4n) is 1.22. The van der Waals surface area contributed by atoms with Crippen LogP contribution in [0.2, 0.25) is 5.02 Å². The van der Waals surface area contributed by atoms with E-state index in [1.165, 1.54) is 20.3 Å². The van der Waals surface area contributed by atoms with Crippen molar-refractivity contribution >= 4 is 23.6 Å². The van der Waals surface area contributed by atoms with Crippen molar-refractivity contribution in [2.75, 3.05) is 14.2 Å². The standard InChI is InChI=1S/C9H8ClNO5/c1-15-6-3-5(4-12)7(10)8(11(13)14)9(6)16-2/h3-4H,1-2H3. The predicted molar refractivity (Wildman–Crippen MR) is 56.6 cm³/mol. The minimum Gasteiger partial charge on any atom is -0.493 e. The van der Waals surface area contributed by atoms with Gasteiger partial charge in [0.2, 0.25) is 5.75 Å². The Morgan fingerprint density at radius 3 is 2.44 bits per heavy atom. The van der Waals surface area contributed by atoms with Gasteiger partial charge in [-0.15, -0.1) is 0 Å². The highest BCUT2D eigenvalue weighted by Gasteiger charge is 2.27. The number of methoxy groups -OCH3 is 2. The fraction of sp³-hybridized carbons (Fsp3) is 0.222. The van der Waals surface area contributed by atoms with Crippen LogP contribution < -0.4 is 9.47 Å². The number of halogens is 1. The molecule has 0 radical (unpaired) electrons. The number of hydrogen-bond acceptors (Lipinski definition) is 5. The average molecular weight is 246 g/mol. The molecule has 0 atom stereocenters. The molecular weight excluding hydrogens is 238 g/mol. The Labute approximate surface area is 95.9 Å². The van der Waals surface area contributed by atoms with Crippen LogP contribution in [0.4, 0.5) is 5.69 Å². The quantitative estimate of drug-likeness (QED) is 0.461. The van der Waals surface area contributed by atoms with Crippen LogP contribution >= 0.6 is 11.6 Å². The summed E-state index contributed by atoms with van der Waals surface area (Å²) in [6, 6.07) is 1.28. The first-order valence-electron chi connectivity index (χ1n) is 4.10. The first-order chi connectivity index (χ1) is 7.56. The predicted octanol–water partition coefficient (Wildman–Crippen LogP) is 2.08. The van der Waals surface area contributed by atoms with Crippen molar-refractivity contribution < 1.29 is 19.2 Å². The lowest BCUT2D eigenvalue weighted by molar-refractivity contribution is -0.385. The highest BCUT2D eigenvalue weighted by Crippen LogP contribution is 2.43. The van der Waals surface area contributed by atoms with Crippen molar-refractivity contribution in [3.05, 3.63) is 26.8 Å². The third-order valence-corrected chi connectivity index (χ3v) is 2.32. The van der Waals surface area contributed by atoms with Gasteiger partial charge >= 0.3 is 5.69 Å². The van der Waals surface area contributed by atoms with Crippen LogP contribution in [0.15, 0.2) is 6.07 Å². The molecule has 0 saturated carbocycles. The molecule has 16 heavy (non-hydrogen) atoms. The minimum absolute atomic E-state index is 0.0222. The molecule has 1 rings (SSSR count). The smallest absolute Gasteiger partial charge is 0.334 e. The van der Waals surface area contributed by atoms with Crippen molar-refractivity contribution in [3.8, 4) is 11.5 Å². The van der Waals surface area contributed by atoms with Crippen LogP contribution in [0.5, 0.6) is 11.5 Å². The number of aldehydes is 1. The van der Waals surface area contributed by atoms with Crippen molar-refractivity contribution in [2.45, 2.75) is 0 Å². The lowest BCUT2D eigenvalue weighted by atomic mass is 10.2. The number of carbonyl (C=O) groups is 1. The molecule has 0 unspecified atom stereocenters. The van der Waals surface area contributed by atoms with Crippen LogP contribution in [0, 0.1) is 10.1 Å². The number of nitro benzene ring substituents is 1. The van der Waals surface area contributed by atoms with Gasteiger partial charge in [-0.25, -0.2) is 0 Å². The molecule has 6 nitrogen and oxygen atoms in total. The Morgan fingerprint density at radius 2 is 2.06 bits per heavy atom. The van der Waals surface area contributed by atoms with Gasteiger partial charge < -0.3 is 9.47 Å². The maximum atomic E-state index is 10.8. The molecule has 1 aromatic rings. The summed E-state index contributed by atoms with van der Waals surface area (Å²) in [4.78, 5) is 20.7. The van der Waals surface area contributed by atoms with Gasteiger partial charge in [-0.05, 0) is 6.07 Å². The number of benzene rings is 1. The summed E-state index contributed by atoms with van der Waals surface area (Å²) < 4.78 is 9.72. The zero-order valence-corrected chi connectivity index (χ0v) is 9.28. The molecule has 0 amide bonds. The molecule has 0 N–H and O–H groups in total. The van der Waals surface area contributed by atoms with Gasteiger partial charge in [0.1, 0.15) is 5.02 Å². The van der Waals surface area contributed by atoms with Crippen molar-refractivity contribution in [1.29, 1.82) is 0 Å². The fourth-order valence-corrected chi connectivity index (χ4v) is 1.47. The highest BCUT2D eigenvalue weighted by atomic mass is 35.5. The highest BCUT2D eigenvalue weighted by molar-refractivity contribution is 6.35. The number of ether oxygens (including phenoxy) is 2. The van der Waals surface area contributed by atoms with Gasteiger partial charge in [-0.1, -0.05) is 11.6 Å². The molecule has 86 valence electrons. The summed E-state index contributed by atoms with van der Waals surface area (Å²) in [7, 11) is 2.56. The Balaban J connectivity index is 3.64. The van der Waals surface area contributed by atoms with Crippen LogP contribution in [-0.4, -0.2) is 25.4 Å². The summed E-state index contributed by atoms with van der Waals surface area (Å²) >= 11 is 5.71. The molecule has 0 aromatic heterocycles. The van der Waals surface area contributed by atoms with E-state index >= 15 is 0 Å². The summed E-state index contributed by atoms with van der Waals surface area (Å²) in [5, 5.41) is 10.5. The lowest BCUT2D eigenvalue weighted by Gasteiger charge is -2.09. The van der Waals surface area contributed by atoms with E-state index < -0.39 is 10.6 Å². The third-order valence-electron chi connectivity index (χ3n) is 1.92. The van der Waals surface area contributed by atoms with E-state index in [-0.39, 0.29) is 22.1 Å². The second-order valence-electron chi connectivity index (χ2n) is 2.74. The Bertz CT molecular complexity index is 446. The van der Waals surface area contributed by atoms with E-state index in [9.17, 15) is 14.9 Å². The van der Waals surface area contributed by atoms with Crippen LogP contribution in [0.3, 0.4) is 0 Å². The maximum Gasteiger partial charge on any atom is 0.334 e. The van der Waals surface area contributed by atoms with Gasteiger partial charge in [0.25, 0.3) is 0 Å². The number of carbonyl (C=O) groups excluding carboxylic acids is 1. The molecule has 0 heterocycles. The first kappa shape index (κ1) is 12.3. The normalized spacial score (nSPS) is 9.69. The van der Waals surface area contributed by atoms with Crippen LogP contribution in [-0.2, 0) is 0 Å². The molecule has 1 aromatic carbocycles. The molecule has 0 aliphatic rings. The molecule has 0 aliphatic carbocycles. The Morgan fingerprint density at radius 1 is 1.44 bits per heavy atom. The van der Waals surface area contributed by atoms with Crippen molar-refractivity contribution in [2.24, 2.45) is 0 Å². The zero-order chi connectivity index (χ0) is 12.3. The van der Waals surface area contributed by atoms with E-state index in [1.807, 2.05) is 0 Å². The first-order valence-corrected chi connectivity index (χ1v) is 4.48. The second kappa shape index (κ2) is 4.80. The van der Waals surface area contributed by atoms with Gasteiger partial charge in [-0.2, -0.15) is 0 Å². The van der Waals surface area contributed by atoms with E-state index in [0.29, 0.717) is 6.29 Å². The van der Waals surface area contributed by atoms with Gasteiger partial charge in [0, 0.05) is 5.56 Å². The largest absolute Gasteiger partial charge is 0.493 e. The lowest BCUT2D eigenvalue weighted by Crippen LogP contribution is -2.00. The second-order valence-corrected chi connectivity index (χ2v) is 3.12. The summed E-state index contributed by atoms with van der Waals surface area (Å²) in [6.07, 6.45) is 0.414. The monoisotopic (exact) mass is 245 g/mol. The summed E-state index contributed by atoms with van der Waals surface area (Å²) in [6.45, 7) is 0. The van der Waals surface area contributed by atoms with Crippen molar-refractivity contribution in [1.82, 2.24) is 0 Å². The Kier molecular flexibility index (Phi) is 3.68. The van der Waals surface area contributed by atoms with E-state index in [2.05, 4.69) is 0 Å². The van der Waals surface area contributed by atoms with E-state index in [0.717, 1.165) is 0 Å². The van der Waals surface area contributed by atoms with E-state index in [4.69, 9.17) is 21.1 Å². The van der Waals surface area contributed by atoms with Gasteiger partial charge in [0.15, 0.2) is 12.0 Å². The van der Waals surface area contributed by atoms with Gasteiger partial charge in [0.05, 0.1) is 19.1 Å². The average Bonchev–Trinajstić information content (AvgIpc) is 2.27. The van der Waals surface area contributed by atoms with E-state index in [1.54, 1.807) is 0 Å². The molecule has 0 bridgehead atoms. The number of nitrogens with zero attached hydrogens (tertiary/aromatic N) is 1. The summed E-state index contributed by atoms with van der Waals surface area (Å²) in [5.74, 6) is -0.0243. The molecule has 0 spiro atoms. The Hall–Kier alpha value is -1.82. The maximum absolute atomic E-state index is 10.8. The number of nitro groups is 1. The molecule has 0 fully saturated rings. The van der Waals surface area contributed by atoms with Crippen molar-refractivity contribution in [3.63, 3.8) is 0 Å². The van der Waals surface area contributed by atoms with Gasteiger partial charge in [-0.3, -0.25) is 14.9 Å². The molecule has 0 saturated heterocycles. The van der Waals surface area contributed by atoms with Crippen LogP contribution in [0.1, 0.15) is 10.4 Å². The summed E-state index contributed by atoms with van der Waals surface area (Å²) in [5.41, 5.74) is -0.503. The molecule has 7 heteroatoms. The minimum atomic E-state index is -0.726. The SMILES string of the molecule is COc1cc(C=O)c(Cl)c([N+](=O)[O-])c1OC. The van der Waals surface area contributed by atoms with Crippen LogP contribution in [0.25, 0.3) is 0 Å².